The molecule has 1 fully saturated rings. The quantitative estimate of drug-likeness (QED) is 0.554. The number of hydrogen-bond donors (Lipinski definition) is 1. The second-order valence-corrected chi connectivity index (χ2v) is 8.89. The fourth-order valence-corrected chi connectivity index (χ4v) is 4.64. The van der Waals surface area contributed by atoms with Crippen molar-refractivity contribution in [2.45, 2.75) is 26.2 Å². The average Bonchev–Trinajstić information content (AvgIpc) is 3.14. The fraction of sp³-hybridized carbons (Fsp3) is 0.214. The maximum atomic E-state index is 13.4. The molecule has 0 aromatic heterocycles. The van der Waals surface area contributed by atoms with Crippen LogP contribution in [0, 0.1) is 18.3 Å². The van der Waals surface area contributed by atoms with Crippen LogP contribution in [0.5, 0.6) is 0 Å². The number of benzene rings is 3. The first kappa shape index (κ1) is 22.4. The molecule has 2 aliphatic heterocycles. The monoisotopic (exact) mass is 464 g/mol. The van der Waals surface area contributed by atoms with Gasteiger partial charge in [0.05, 0.1) is 34.0 Å². The van der Waals surface area contributed by atoms with Gasteiger partial charge in [-0.1, -0.05) is 17.7 Å². The lowest BCUT2D eigenvalue weighted by molar-refractivity contribution is 0.0924. The van der Waals surface area contributed by atoms with Crippen molar-refractivity contribution in [3.05, 3.63) is 88.5 Å². The zero-order chi connectivity index (χ0) is 24.5. The summed E-state index contributed by atoms with van der Waals surface area (Å²) in [7, 11) is 0. The van der Waals surface area contributed by atoms with E-state index >= 15 is 0 Å². The molecule has 0 spiro atoms. The van der Waals surface area contributed by atoms with E-state index in [2.05, 4.69) is 10.2 Å². The third-order valence-corrected chi connectivity index (χ3v) is 6.50. The summed E-state index contributed by atoms with van der Waals surface area (Å²) in [5, 5.41) is 12.1. The molecule has 3 aromatic carbocycles. The van der Waals surface area contributed by atoms with Crippen LogP contribution in [0.25, 0.3) is 0 Å². The lowest BCUT2D eigenvalue weighted by atomic mass is 10.0. The van der Waals surface area contributed by atoms with E-state index in [9.17, 15) is 19.6 Å². The number of anilines is 3. The topological polar surface area (TPSA) is 93.5 Å². The van der Waals surface area contributed by atoms with Gasteiger partial charge in [-0.05, 0) is 74.7 Å². The highest BCUT2D eigenvalue weighted by Gasteiger charge is 2.37. The number of nitrogens with one attached hydrogen (secondary N) is 1. The Balaban J connectivity index is 1.53. The van der Waals surface area contributed by atoms with Crippen molar-refractivity contribution in [1.82, 2.24) is 0 Å². The summed E-state index contributed by atoms with van der Waals surface area (Å²) in [4.78, 5) is 42.9. The Labute approximate surface area is 203 Å². The summed E-state index contributed by atoms with van der Waals surface area (Å²) < 4.78 is 0. The van der Waals surface area contributed by atoms with E-state index in [4.69, 9.17) is 0 Å². The molecule has 0 aliphatic carbocycles. The Hall–Kier alpha value is -4.44. The summed E-state index contributed by atoms with van der Waals surface area (Å²) in [6.07, 6.45) is 3.24. The van der Waals surface area contributed by atoms with Crippen LogP contribution in [-0.4, -0.2) is 30.8 Å². The summed E-state index contributed by atoms with van der Waals surface area (Å²) in [6.45, 7) is 3.66. The van der Waals surface area contributed by atoms with Crippen molar-refractivity contribution in [2.75, 3.05) is 28.2 Å². The van der Waals surface area contributed by atoms with Crippen LogP contribution in [0.3, 0.4) is 0 Å². The van der Waals surface area contributed by atoms with Crippen LogP contribution in [0.15, 0.2) is 60.7 Å². The molecular weight excluding hydrogens is 440 g/mol. The van der Waals surface area contributed by atoms with E-state index in [0.29, 0.717) is 22.5 Å². The van der Waals surface area contributed by atoms with E-state index in [1.54, 1.807) is 12.1 Å². The van der Waals surface area contributed by atoms with Crippen molar-refractivity contribution in [3.8, 4) is 6.07 Å². The van der Waals surface area contributed by atoms with E-state index in [1.165, 1.54) is 18.2 Å². The van der Waals surface area contributed by atoms with Gasteiger partial charge < -0.3 is 10.2 Å². The zero-order valence-corrected chi connectivity index (χ0v) is 19.4. The number of nitriles is 1. The highest BCUT2D eigenvalue weighted by atomic mass is 16.2. The lowest BCUT2D eigenvalue weighted by Crippen LogP contribution is -2.33. The molecule has 1 N–H and O–H groups in total. The SMILES string of the molecule is Cc1ccc(NC(=O)c2cc(N3C(=O)c4ccc(C#N)cc4C3=O)ccc2N2CCCCC2)cc1. The molecule has 2 heterocycles. The molecule has 3 aromatic rings. The summed E-state index contributed by atoms with van der Waals surface area (Å²) in [5.41, 5.74) is 4.01. The second-order valence-electron chi connectivity index (χ2n) is 8.89. The van der Waals surface area contributed by atoms with Crippen LogP contribution >= 0.6 is 0 Å². The summed E-state index contributed by atoms with van der Waals surface area (Å²) in [5.74, 6) is -1.28. The number of piperidine rings is 1. The van der Waals surface area contributed by atoms with Gasteiger partial charge in [0.2, 0.25) is 0 Å². The van der Waals surface area contributed by atoms with Gasteiger partial charge in [0.25, 0.3) is 17.7 Å². The Bertz CT molecular complexity index is 1380. The fourth-order valence-electron chi connectivity index (χ4n) is 4.64. The van der Waals surface area contributed by atoms with Crippen molar-refractivity contribution in [2.24, 2.45) is 0 Å². The van der Waals surface area contributed by atoms with Crippen LogP contribution < -0.4 is 15.1 Å². The molecular formula is C28H24N4O3. The molecule has 0 bridgehead atoms. The van der Waals surface area contributed by atoms with Crippen LogP contribution in [0.2, 0.25) is 0 Å². The van der Waals surface area contributed by atoms with Crippen LogP contribution in [0.4, 0.5) is 17.1 Å². The number of nitrogens with zero attached hydrogens (tertiary/aromatic N) is 3. The molecule has 35 heavy (non-hydrogen) atoms. The highest BCUT2D eigenvalue weighted by molar-refractivity contribution is 6.34. The third-order valence-electron chi connectivity index (χ3n) is 6.50. The number of amides is 3. The number of fused-ring (bicyclic) bond motifs is 1. The van der Waals surface area contributed by atoms with E-state index in [1.807, 2.05) is 43.3 Å². The molecule has 0 unspecified atom stereocenters. The van der Waals surface area contributed by atoms with Crippen LogP contribution in [0.1, 0.15) is 61.5 Å². The predicted octanol–water partition coefficient (Wildman–Crippen LogP) is 4.91. The van der Waals surface area contributed by atoms with Gasteiger partial charge in [-0.3, -0.25) is 14.4 Å². The van der Waals surface area contributed by atoms with E-state index in [0.717, 1.165) is 48.5 Å². The molecule has 1 saturated heterocycles. The van der Waals surface area contributed by atoms with Crippen LogP contribution in [-0.2, 0) is 0 Å². The molecule has 0 saturated carbocycles. The molecule has 0 radical (unpaired) electrons. The molecule has 3 amide bonds. The predicted molar refractivity (Wildman–Crippen MR) is 134 cm³/mol. The number of rotatable bonds is 4. The summed E-state index contributed by atoms with van der Waals surface area (Å²) >= 11 is 0. The van der Waals surface area contributed by atoms with Gasteiger partial charge >= 0.3 is 0 Å². The molecule has 5 rings (SSSR count). The minimum absolute atomic E-state index is 0.194. The van der Waals surface area contributed by atoms with Gasteiger partial charge in [0, 0.05) is 24.5 Å². The zero-order valence-electron chi connectivity index (χ0n) is 19.4. The summed E-state index contributed by atoms with van der Waals surface area (Å²) in [6, 6.07) is 19.1. The molecule has 7 nitrogen and oxygen atoms in total. The minimum Gasteiger partial charge on any atom is -0.371 e. The maximum Gasteiger partial charge on any atom is 0.266 e. The molecule has 0 atom stereocenters. The van der Waals surface area contributed by atoms with Crippen molar-refractivity contribution in [3.63, 3.8) is 0 Å². The minimum atomic E-state index is -0.502. The smallest absolute Gasteiger partial charge is 0.266 e. The molecule has 174 valence electrons. The van der Waals surface area contributed by atoms with E-state index < -0.39 is 11.8 Å². The number of carbonyl (C=O) groups excluding carboxylic acids is 3. The van der Waals surface area contributed by atoms with Gasteiger partial charge in [-0.15, -0.1) is 0 Å². The van der Waals surface area contributed by atoms with Crippen molar-refractivity contribution < 1.29 is 14.4 Å². The Morgan fingerprint density at radius 1 is 0.886 bits per heavy atom. The molecule has 7 heteroatoms. The largest absolute Gasteiger partial charge is 0.371 e. The van der Waals surface area contributed by atoms with E-state index in [-0.39, 0.29) is 17.0 Å². The first-order chi connectivity index (χ1) is 17.0. The Morgan fingerprint density at radius 2 is 1.60 bits per heavy atom. The second kappa shape index (κ2) is 9.07. The average molecular weight is 465 g/mol. The van der Waals surface area contributed by atoms with Gasteiger partial charge in [-0.25, -0.2) is 4.90 Å². The van der Waals surface area contributed by atoms with Gasteiger partial charge in [0.15, 0.2) is 0 Å². The highest BCUT2D eigenvalue weighted by Crippen LogP contribution is 2.34. The number of aryl methyl sites for hydroxylation is 1. The lowest BCUT2D eigenvalue weighted by Gasteiger charge is -2.31. The standard InChI is InChI=1S/C28H24N4O3/c1-18-5-8-20(9-6-18)30-26(33)24-16-21(10-12-25(24)31-13-3-2-4-14-31)32-27(34)22-11-7-19(17-29)15-23(22)28(32)35/h5-12,15-16H,2-4,13-14H2,1H3,(H,30,33). The van der Waals surface area contributed by atoms with Gasteiger partial charge in [-0.2, -0.15) is 5.26 Å². The number of hydrogen-bond acceptors (Lipinski definition) is 5. The first-order valence-corrected chi connectivity index (χ1v) is 11.7. The maximum absolute atomic E-state index is 13.4. The number of imide groups is 1. The van der Waals surface area contributed by atoms with Gasteiger partial charge in [0.1, 0.15) is 0 Å². The Kier molecular flexibility index (Phi) is 5.79. The first-order valence-electron chi connectivity index (χ1n) is 11.7. The van der Waals surface area contributed by atoms with Crippen molar-refractivity contribution >= 4 is 34.8 Å². The third kappa shape index (κ3) is 4.15. The number of carbonyl (C=O) groups is 3. The normalized spacial score (nSPS) is 15.1. The van der Waals surface area contributed by atoms with Crippen molar-refractivity contribution in [1.29, 1.82) is 5.26 Å². The molecule has 2 aliphatic rings. The Morgan fingerprint density at radius 3 is 2.31 bits per heavy atom.